The van der Waals surface area contributed by atoms with Gasteiger partial charge in [0.15, 0.2) is 5.82 Å². The number of hydrogen-bond donors (Lipinski definition) is 0. The van der Waals surface area contributed by atoms with Crippen LogP contribution in [0, 0.1) is 0 Å². The Balaban J connectivity index is 1.61. The third-order valence-corrected chi connectivity index (χ3v) is 4.73. The van der Waals surface area contributed by atoms with Crippen molar-refractivity contribution in [2.45, 2.75) is 25.1 Å². The highest BCUT2D eigenvalue weighted by molar-refractivity contribution is 5.62. The fourth-order valence-corrected chi connectivity index (χ4v) is 3.33. The molecule has 0 aliphatic carbocycles. The quantitative estimate of drug-likeness (QED) is 0.701. The van der Waals surface area contributed by atoms with Crippen LogP contribution < -0.4 is 4.90 Å². The lowest BCUT2D eigenvalue weighted by atomic mass is 10.0. The van der Waals surface area contributed by atoms with Crippen LogP contribution in [-0.4, -0.2) is 38.3 Å². The summed E-state index contributed by atoms with van der Waals surface area (Å²) in [7, 11) is 0. The maximum atomic E-state index is 13.7. The van der Waals surface area contributed by atoms with Crippen LogP contribution in [0.1, 0.15) is 24.4 Å². The minimum absolute atomic E-state index is 0.112. The van der Waals surface area contributed by atoms with Gasteiger partial charge in [0.1, 0.15) is 5.56 Å². The van der Waals surface area contributed by atoms with Crippen molar-refractivity contribution in [3.8, 4) is 11.3 Å². The number of piperidine rings is 1. The van der Waals surface area contributed by atoms with E-state index in [0.29, 0.717) is 31.5 Å². The molecule has 0 spiro atoms. The first-order valence-corrected chi connectivity index (χ1v) is 8.63. The molecule has 1 fully saturated rings. The molecule has 0 saturated carbocycles. The average Bonchev–Trinajstić information content (AvgIpc) is 3.23. The number of alkyl halides is 3. The van der Waals surface area contributed by atoms with Crippen molar-refractivity contribution >= 4 is 5.82 Å². The molecule has 3 aromatic rings. The van der Waals surface area contributed by atoms with Gasteiger partial charge in [0.2, 0.25) is 0 Å². The molecule has 4 rings (SSSR count). The van der Waals surface area contributed by atoms with Gasteiger partial charge in [0.05, 0.1) is 17.9 Å². The van der Waals surface area contributed by atoms with Crippen LogP contribution in [-0.2, 0) is 6.18 Å². The molecule has 3 heterocycles. The third kappa shape index (κ3) is 3.62. The molecular formula is C18H17F3N6. The topological polar surface area (TPSA) is 59.7 Å². The third-order valence-electron chi connectivity index (χ3n) is 4.73. The Morgan fingerprint density at radius 1 is 1.00 bits per heavy atom. The first-order chi connectivity index (χ1) is 13.0. The van der Waals surface area contributed by atoms with Gasteiger partial charge in [-0.3, -0.25) is 0 Å². The molecule has 0 amide bonds. The fraction of sp³-hybridized carbons (Fsp3) is 0.333. The fourth-order valence-electron chi connectivity index (χ4n) is 3.33. The van der Waals surface area contributed by atoms with E-state index < -0.39 is 11.7 Å². The molecule has 0 bridgehead atoms. The Morgan fingerprint density at radius 2 is 1.74 bits per heavy atom. The van der Waals surface area contributed by atoms with Gasteiger partial charge in [0, 0.05) is 24.8 Å². The van der Waals surface area contributed by atoms with Crippen molar-refractivity contribution in [3.05, 3.63) is 54.4 Å². The normalized spacial score (nSPS) is 15.9. The SMILES string of the molecule is FC(F)(F)c1cc(-c2ccccc2)nnc1N1CCC(n2ccnn2)CC1. The Morgan fingerprint density at radius 3 is 2.37 bits per heavy atom. The summed E-state index contributed by atoms with van der Waals surface area (Å²) in [5.74, 6) is -0.112. The summed E-state index contributed by atoms with van der Waals surface area (Å²) in [4.78, 5) is 1.65. The molecule has 9 heteroatoms. The molecule has 0 radical (unpaired) electrons. The molecule has 0 atom stereocenters. The first-order valence-electron chi connectivity index (χ1n) is 8.63. The molecule has 1 saturated heterocycles. The van der Waals surface area contributed by atoms with Crippen LogP contribution in [0.2, 0.25) is 0 Å². The van der Waals surface area contributed by atoms with Crippen LogP contribution >= 0.6 is 0 Å². The zero-order valence-corrected chi connectivity index (χ0v) is 14.3. The number of rotatable bonds is 3. The Hall–Kier alpha value is -2.97. The number of aromatic nitrogens is 5. The molecular weight excluding hydrogens is 357 g/mol. The van der Waals surface area contributed by atoms with E-state index in [2.05, 4.69) is 20.5 Å². The van der Waals surface area contributed by atoms with Crippen molar-refractivity contribution in [1.29, 1.82) is 0 Å². The van der Waals surface area contributed by atoms with E-state index in [-0.39, 0.29) is 17.6 Å². The molecule has 1 aliphatic rings. The van der Waals surface area contributed by atoms with Crippen LogP contribution in [0.4, 0.5) is 19.0 Å². The van der Waals surface area contributed by atoms with Crippen molar-refractivity contribution in [2.75, 3.05) is 18.0 Å². The van der Waals surface area contributed by atoms with Crippen molar-refractivity contribution in [3.63, 3.8) is 0 Å². The Kier molecular flexibility index (Phi) is 4.51. The summed E-state index contributed by atoms with van der Waals surface area (Å²) in [5.41, 5.74) is 0.0617. The largest absolute Gasteiger partial charge is 0.420 e. The van der Waals surface area contributed by atoms with Gasteiger partial charge < -0.3 is 4.90 Å². The first kappa shape index (κ1) is 17.4. The molecule has 0 unspecified atom stereocenters. The molecule has 1 aliphatic heterocycles. The van der Waals surface area contributed by atoms with Gasteiger partial charge in [-0.1, -0.05) is 35.5 Å². The summed E-state index contributed by atoms with van der Waals surface area (Å²) in [6.07, 6.45) is 0.209. The zero-order chi connectivity index (χ0) is 18.9. The lowest BCUT2D eigenvalue weighted by Gasteiger charge is -2.33. The second-order valence-corrected chi connectivity index (χ2v) is 6.43. The monoisotopic (exact) mass is 374 g/mol. The predicted octanol–water partition coefficient (Wildman–Crippen LogP) is 3.60. The van der Waals surface area contributed by atoms with E-state index in [1.165, 1.54) is 0 Å². The van der Waals surface area contributed by atoms with Gasteiger partial charge in [-0.05, 0) is 18.9 Å². The molecule has 2 aromatic heterocycles. The smallest absolute Gasteiger partial charge is 0.354 e. The lowest BCUT2D eigenvalue weighted by molar-refractivity contribution is -0.137. The van der Waals surface area contributed by atoms with Gasteiger partial charge in [0.25, 0.3) is 0 Å². The molecule has 140 valence electrons. The predicted molar refractivity (Wildman–Crippen MR) is 93.0 cm³/mol. The molecule has 0 N–H and O–H groups in total. The maximum Gasteiger partial charge on any atom is 0.420 e. The standard InChI is InChI=1S/C18H17F3N6/c19-18(20,21)15-12-16(13-4-2-1-3-5-13)23-24-17(15)26-9-6-14(7-10-26)27-11-8-22-25-27/h1-5,8,11-12,14H,6-7,9-10H2. The van der Waals surface area contributed by atoms with E-state index >= 15 is 0 Å². The number of halogens is 3. The van der Waals surface area contributed by atoms with E-state index in [4.69, 9.17) is 0 Å². The van der Waals surface area contributed by atoms with Gasteiger partial charge in [-0.15, -0.1) is 15.3 Å². The summed E-state index contributed by atoms with van der Waals surface area (Å²) in [6.45, 7) is 0.903. The number of anilines is 1. The number of hydrogen-bond acceptors (Lipinski definition) is 5. The number of nitrogens with zero attached hydrogens (tertiary/aromatic N) is 6. The van der Waals surface area contributed by atoms with Gasteiger partial charge in [-0.2, -0.15) is 13.2 Å². The van der Waals surface area contributed by atoms with Crippen LogP contribution in [0.3, 0.4) is 0 Å². The summed E-state index contributed by atoms with van der Waals surface area (Å²) >= 11 is 0. The van der Waals surface area contributed by atoms with Gasteiger partial charge in [-0.25, -0.2) is 4.68 Å². The molecule has 1 aromatic carbocycles. The Labute approximate surface area is 153 Å². The van der Waals surface area contributed by atoms with E-state index in [1.807, 2.05) is 0 Å². The minimum Gasteiger partial charge on any atom is -0.354 e. The second-order valence-electron chi connectivity index (χ2n) is 6.43. The maximum absolute atomic E-state index is 13.7. The van der Waals surface area contributed by atoms with Crippen molar-refractivity contribution < 1.29 is 13.2 Å². The average molecular weight is 374 g/mol. The lowest BCUT2D eigenvalue weighted by Crippen LogP contribution is -2.36. The molecule has 27 heavy (non-hydrogen) atoms. The summed E-state index contributed by atoms with van der Waals surface area (Å²) in [5, 5.41) is 15.8. The zero-order valence-electron chi connectivity index (χ0n) is 14.3. The van der Waals surface area contributed by atoms with Gasteiger partial charge >= 0.3 is 6.18 Å². The number of benzene rings is 1. The highest BCUT2D eigenvalue weighted by Gasteiger charge is 2.37. The van der Waals surface area contributed by atoms with Crippen LogP contribution in [0.15, 0.2) is 48.8 Å². The van der Waals surface area contributed by atoms with E-state index in [1.54, 1.807) is 52.3 Å². The van der Waals surface area contributed by atoms with Crippen molar-refractivity contribution in [2.24, 2.45) is 0 Å². The van der Waals surface area contributed by atoms with Crippen LogP contribution in [0.25, 0.3) is 11.3 Å². The Bertz CT molecular complexity index is 887. The summed E-state index contributed by atoms with van der Waals surface area (Å²) in [6, 6.07) is 9.96. The van der Waals surface area contributed by atoms with Crippen molar-refractivity contribution in [1.82, 2.24) is 25.2 Å². The second kappa shape index (κ2) is 6.98. The summed E-state index contributed by atoms with van der Waals surface area (Å²) < 4.78 is 42.8. The minimum atomic E-state index is -4.50. The highest BCUT2D eigenvalue weighted by atomic mass is 19.4. The van der Waals surface area contributed by atoms with E-state index in [0.717, 1.165) is 6.07 Å². The highest BCUT2D eigenvalue weighted by Crippen LogP contribution is 2.38. The van der Waals surface area contributed by atoms with E-state index in [9.17, 15) is 13.2 Å². The molecule has 6 nitrogen and oxygen atoms in total. The van der Waals surface area contributed by atoms with Crippen LogP contribution in [0.5, 0.6) is 0 Å².